The summed E-state index contributed by atoms with van der Waals surface area (Å²) in [5.41, 5.74) is 4.60. The zero-order valence-corrected chi connectivity index (χ0v) is 24.8. The van der Waals surface area contributed by atoms with E-state index in [1.165, 1.54) is 4.90 Å². The fourth-order valence-corrected chi connectivity index (χ4v) is 6.69. The molecule has 2 fully saturated rings. The SMILES string of the molecule is Nc1nc2c(ncn2C2=C3O[P+](O)(O)OCc4oc(N5CN[C@H]6C(=O)NCNC65)c(O)c4OP(O)(=S)O/C=C(/O2)[C@H]3O)c(=O)[nH]1. The van der Waals surface area contributed by atoms with Gasteiger partial charge in [0.15, 0.2) is 35.4 Å². The van der Waals surface area contributed by atoms with Crippen LogP contribution in [-0.2, 0) is 41.5 Å². The number of aliphatic hydroxyl groups is 1. The number of furan rings is 1. The molecule has 25 heteroatoms. The Morgan fingerprint density at radius 2 is 2.04 bits per heavy atom. The minimum atomic E-state index is -4.94. The van der Waals surface area contributed by atoms with Gasteiger partial charge in [-0.15, -0.1) is 4.52 Å². The van der Waals surface area contributed by atoms with Gasteiger partial charge in [0.25, 0.3) is 17.2 Å². The van der Waals surface area contributed by atoms with Crippen molar-refractivity contribution >= 4 is 61.5 Å². The summed E-state index contributed by atoms with van der Waals surface area (Å²) in [6, 6.07) is -0.715. The molecular weight excluding hydrogens is 668 g/mol. The van der Waals surface area contributed by atoms with Gasteiger partial charge in [-0.3, -0.25) is 29.7 Å². The number of imidazole rings is 1. The number of aromatic hydroxyl groups is 1. The van der Waals surface area contributed by atoms with Crippen molar-refractivity contribution in [1.29, 1.82) is 0 Å². The first-order valence-electron chi connectivity index (χ1n) is 12.6. The van der Waals surface area contributed by atoms with E-state index in [2.05, 4.69) is 30.9 Å². The van der Waals surface area contributed by atoms with Crippen LogP contribution in [0.5, 0.6) is 11.5 Å². The summed E-state index contributed by atoms with van der Waals surface area (Å²) < 4.78 is 33.6. The Labute approximate surface area is 254 Å². The van der Waals surface area contributed by atoms with Gasteiger partial charge in [-0.25, -0.2) is 9.55 Å². The number of aliphatic hydroxyl groups excluding tert-OH is 1. The van der Waals surface area contributed by atoms with Gasteiger partial charge < -0.3 is 49.3 Å². The number of amides is 1. The minimum Gasteiger partial charge on any atom is -0.500 e. The number of ether oxygens (including phenoxy) is 1. The quantitative estimate of drug-likeness (QED) is 0.126. The molecule has 0 aromatic carbocycles. The van der Waals surface area contributed by atoms with Crippen LogP contribution in [-0.4, -0.2) is 82.0 Å². The van der Waals surface area contributed by atoms with Crippen molar-refractivity contribution in [2.45, 2.75) is 24.9 Å². The number of fused-ring (bicyclic) bond motifs is 5. The predicted octanol–water partition coefficient (Wildman–Crippen LogP) is -2.38. The molecule has 2 saturated heterocycles. The lowest BCUT2D eigenvalue weighted by atomic mass is 10.2. The summed E-state index contributed by atoms with van der Waals surface area (Å²) >= 11 is 5.09. The number of aromatic amines is 1. The molecule has 1 amide bonds. The number of nitrogen functional groups attached to an aromatic ring is 1. The van der Waals surface area contributed by atoms with Crippen LogP contribution in [0.15, 0.2) is 33.3 Å². The summed E-state index contributed by atoms with van der Waals surface area (Å²) in [5.74, 6) is -4.10. The van der Waals surface area contributed by atoms with Gasteiger partial charge in [-0.05, 0) is 0 Å². The molecule has 7 heterocycles. The lowest BCUT2D eigenvalue weighted by molar-refractivity contribution is -0.124. The van der Waals surface area contributed by atoms with E-state index in [1.807, 2.05) is 0 Å². The highest BCUT2D eigenvalue weighted by molar-refractivity contribution is 8.07. The van der Waals surface area contributed by atoms with Gasteiger partial charge in [-0.2, -0.15) is 14.8 Å². The molecule has 45 heavy (non-hydrogen) atoms. The lowest BCUT2D eigenvalue weighted by Gasteiger charge is -2.31. The van der Waals surface area contributed by atoms with Crippen molar-refractivity contribution in [1.82, 2.24) is 35.5 Å². The number of nitrogens with two attached hydrogens (primary N) is 1. The lowest BCUT2D eigenvalue weighted by Crippen LogP contribution is -2.62. The average molecular weight is 690 g/mol. The molecule has 22 nitrogen and oxygen atoms in total. The molecule has 0 saturated carbocycles. The molecule has 4 atom stereocenters. The Morgan fingerprint density at radius 3 is 2.84 bits per heavy atom. The smallest absolute Gasteiger partial charge is 0.500 e. The Morgan fingerprint density at radius 1 is 1.24 bits per heavy atom. The van der Waals surface area contributed by atoms with Crippen LogP contribution in [0.4, 0.5) is 11.8 Å². The van der Waals surface area contributed by atoms with E-state index in [-0.39, 0.29) is 42.2 Å². The summed E-state index contributed by atoms with van der Waals surface area (Å²) in [6.45, 7) is -5.10. The molecule has 0 radical (unpaired) electrons. The number of H-pyrrole nitrogens is 1. The monoisotopic (exact) mass is 690 g/mol. The Bertz CT molecular complexity index is 1910. The van der Waals surface area contributed by atoms with Crippen LogP contribution < -0.4 is 36.7 Å². The van der Waals surface area contributed by atoms with Gasteiger partial charge in [0, 0.05) is 11.8 Å². The average Bonchev–Trinajstić information content (AvgIpc) is 3.72. The van der Waals surface area contributed by atoms with Gasteiger partial charge in [0.05, 0.1) is 13.3 Å². The highest BCUT2D eigenvalue weighted by atomic mass is 32.5. The fourth-order valence-electron chi connectivity index (χ4n) is 4.86. The summed E-state index contributed by atoms with van der Waals surface area (Å²) in [7, 11) is -4.94. The summed E-state index contributed by atoms with van der Waals surface area (Å²) in [5, 5.41) is 30.7. The van der Waals surface area contributed by atoms with Crippen molar-refractivity contribution in [2.24, 2.45) is 0 Å². The third-order valence-electron chi connectivity index (χ3n) is 6.82. The molecule has 7 rings (SSSR count). The maximum Gasteiger partial charge on any atom is 0.616 e. The number of nitrogens with zero attached hydrogens (tertiary/aromatic N) is 4. The van der Waals surface area contributed by atoms with Crippen LogP contribution in [0, 0.1) is 0 Å². The number of aromatic nitrogens is 4. The molecular formula is C20H22N9O13P2S+. The second kappa shape index (κ2) is 10.5. The van der Waals surface area contributed by atoms with Crippen molar-refractivity contribution in [3.05, 3.63) is 40.2 Å². The van der Waals surface area contributed by atoms with E-state index in [9.17, 15) is 34.5 Å². The Hall–Kier alpha value is -4.02. The van der Waals surface area contributed by atoms with Crippen LogP contribution >= 0.6 is 14.9 Å². The first-order valence-corrected chi connectivity index (χ1v) is 16.7. The summed E-state index contributed by atoms with van der Waals surface area (Å²) in [6.07, 6.45) is -0.852. The highest BCUT2D eigenvalue weighted by Crippen LogP contribution is 2.60. The molecule has 4 aliphatic rings. The third kappa shape index (κ3) is 5.13. The highest BCUT2D eigenvalue weighted by Gasteiger charge is 2.51. The first kappa shape index (κ1) is 29.7. The van der Waals surface area contributed by atoms with Crippen molar-refractivity contribution in [3.63, 3.8) is 0 Å². The molecule has 2 bridgehead atoms. The maximum atomic E-state index is 12.3. The normalized spacial score (nSPS) is 29.1. The number of rotatable bonds is 2. The third-order valence-corrected chi connectivity index (χ3v) is 8.98. The second-order valence-electron chi connectivity index (χ2n) is 9.64. The van der Waals surface area contributed by atoms with Crippen LogP contribution in [0.3, 0.4) is 0 Å². The fraction of sp³-hybridized carbons (Fsp3) is 0.300. The predicted molar refractivity (Wildman–Crippen MR) is 151 cm³/mol. The molecule has 4 aliphatic heterocycles. The van der Waals surface area contributed by atoms with Crippen LogP contribution in [0.2, 0.25) is 0 Å². The zero-order chi connectivity index (χ0) is 31.8. The van der Waals surface area contributed by atoms with Gasteiger partial charge in [0.1, 0.15) is 24.8 Å². The Balaban J connectivity index is 1.27. The van der Waals surface area contributed by atoms with Gasteiger partial charge >= 0.3 is 14.9 Å². The van der Waals surface area contributed by atoms with E-state index in [4.69, 9.17) is 44.8 Å². The molecule has 0 aliphatic carbocycles. The zero-order valence-electron chi connectivity index (χ0n) is 22.2. The molecule has 3 aromatic rings. The topological polar surface area (TPSA) is 306 Å². The minimum absolute atomic E-state index is 0.0218. The van der Waals surface area contributed by atoms with Gasteiger partial charge in [-0.1, -0.05) is 0 Å². The number of hydrogen-bond acceptors (Lipinski definition) is 19. The molecule has 240 valence electrons. The number of carbonyl (C=O) groups excluding carboxylic acids is 1. The second-order valence-corrected chi connectivity index (χ2v) is 13.8. The van der Waals surface area contributed by atoms with E-state index in [0.29, 0.717) is 6.26 Å². The van der Waals surface area contributed by atoms with E-state index in [0.717, 1.165) is 10.9 Å². The Kier molecular flexibility index (Phi) is 6.94. The number of anilines is 2. The largest absolute Gasteiger partial charge is 0.616 e. The standard InChI is InChI=1S/C20H21N9O13P2S/c21-20-26-15-9(17(33)27-20)25-5-29(15)19-13-10(30)6(39-19)1-38-44(36,45)42-12-7(2-37-43(34,35)41-13)40-18(11(12)31)28-4-24-8-14(28)22-3-23-16(8)32/h1,5,8,10,14,22,24,30,34-35H,2-4H2,(H5-,21,23,26,27,31,32,33,36,45)/p+1/b6-1+/t8-,10-,14?,44?/m1/s1. The molecule has 0 spiro atoms. The molecule has 3 aromatic heterocycles. The van der Waals surface area contributed by atoms with Gasteiger partial charge in [0.2, 0.25) is 29.2 Å². The maximum absolute atomic E-state index is 12.3. The van der Waals surface area contributed by atoms with Crippen LogP contribution in [0.25, 0.3) is 17.0 Å². The first-order chi connectivity index (χ1) is 21.3. The van der Waals surface area contributed by atoms with E-state index >= 15 is 0 Å². The van der Waals surface area contributed by atoms with Crippen molar-refractivity contribution in [2.75, 3.05) is 24.0 Å². The van der Waals surface area contributed by atoms with E-state index < -0.39 is 80.0 Å². The van der Waals surface area contributed by atoms with E-state index in [1.54, 1.807) is 0 Å². The van der Waals surface area contributed by atoms with Crippen molar-refractivity contribution < 1.29 is 56.9 Å². The molecule has 2 unspecified atom stereocenters. The molecule has 11 N–H and O–H groups in total. The number of nitrogens with one attached hydrogen (secondary N) is 4. The van der Waals surface area contributed by atoms with Crippen molar-refractivity contribution in [3.8, 4) is 11.5 Å². The van der Waals surface area contributed by atoms with Crippen LogP contribution in [0.1, 0.15) is 5.76 Å². The number of hydrogen-bond donors (Lipinski definition) is 10. The number of carbonyl (C=O) groups is 1. The summed E-state index contributed by atoms with van der Waals surface area (Å²) in [4.78, 5) is 68.6.